The summed E-state index contributed by atoms with van der Waals surface area (Å²) in [5.74, 6) is 0.597. The minimum absolute atomic E-state index is 0.0449. The molecule has 0 atom stereocenters. The van der Waals surface area contributed by atoms with Crippen LogP contribution in [0.4, 0.5) is 0 Å². The monoisotopic (exact) mass is 300 g/mol. The lowest BCUT2D eigenvalue weighted by molar-refractivity contribution is -0.122. The van der Waals surface area contributed by atoms with E-state index in [1.165, 1.54) is 0 Å². The van der Waals surface area contributed by atoms with Gasteiger partial charge >= 0.3 is 0 Å². The predicted molar refractivity (Wildman–Crippen MR) is 79.1 cm³/mol. The van der Waals surface area contributed by atoms with Gasteiger partial charge in [0.2, 0.25) is 5.91 Å². The van der Waals surface area contributed by atoms with Crippen LogP contribution < -0.4 is 10.1 Å². The first kappa shape index (κ1) is 16.8. The third-order valence-electron chi connectivity index (χ3n) is 2.95. The predicted octanol–water partition coefficient (Wildman–Crippen LogP) is 1.28. The Balaban J connectivity index is 2.54. The van der Waals surface area contributed by atoms with Crippen LogP contribution in [0.1, 0.15) is 12.5 Å². The molecule has 0 saturated carbocycles. The highest BCUT2D eigenvalue weighted by Gasteiger charge is 2.10. The number of nitrogens with zero attached hydrogens (tertiary/aromatic N) is 1. The molecule has 1 aromatic rings. The Morgan fingerprint density at radius 1 is 1.50 bits per heavy atom. The lowest BCUT2D eigenvalue weighted by Gasteiger charge is -2.18. The first-order chi connectivity index (χ1) is 9.60. The summed E-state index contributed by atoms with van der Waals surface area (Å²) in [7, 11) is 1.58. The number of methoxy groups -OCH3 is 1. The SMILES string of the molecule is CCN(CCO)CC(=O)NCc1cc(Cl)ccc1OC. The van der Waals surface area contributed by atoms with Crippen molar-refractivity contribution in [1.82, 2.24) is 10.2 Å². The molecule has 1 rings (SSSR count). The van der Waals surface area contributed by atoms with Gasteiger partial charge in [-0.3, -0.25) is 9.69 Å². The topological polar surface area (TPSA) is 61.8 Å². The maximum atomic E-state index is 11.8. The van der Waals surface area contributed by atoms with E-state index in [0.29, 0.717) is 30.4 Å². The van der Waals surface area contributed by atoms with Crippen molar-refractivity contribution in [2.75, 3.05) is 33.4 Å². The number of halogens is 1. The summed E-state index contributed by atoms with van der Waals surface area (Å²) in [6.45, 7) is 3.82. The first-order valence-corrected chi connectivity index (χ1v) is 6.90. The summed E-state index contributed by atoms with van der Waals surface area (Å²) in [6, 6.07) is 5.28. The average molecular weight is 301 g/mol. The van der Waals surface area contributed by atoms with E-state index in [0.717, 1.165) is 5.56 Å². The largest absolute Gasteiger partial charge is 0.496 e. The van der Waals surface area contributed by atoms with E-state index >= 15 is 0 Å². The molecule has 0 spiro atoms. The number of rotatable bonds is 8. The Hall–Kier alpha value is -1.30. The van der Waals surface area contributed by atoms with Crippen LogP contribution in [-0.2, 0) is 11.3 Å². The smallest absolute Gasteiger partial charge is 0.234 e. The molecular formula is C14H21ClN2O3. The Labute approximate surface area is 124 Å². The standard InChI is InChI=1S/C14H21ClN2O3/c1-3-17(6-7-18)10-14(19)16-9-11-8-12(15)4-5-13(11)20-2/h4-5,8,18H,3,6-7,9-10H2,1-2H3,(H,16,19). The lowest BCUT2D eigenvalue weighted by atomic mass is 10.2. The quantitative estimate of drug-likeness (QED) is 0.759. The zero-order chi connectivity index (χ0) is 15.0. The van der Waals surface area contributed by atoms with Crippen molar-refractivity contribution in [1.29, 1.82) is 0 Å². The van der Waals surface area contributed by atoms with E-state index in [9.17, 15) is 4.79 Å². The van der Waals surface area contributed by atoms with Gasteiger partial charge in [0, 0.05) is 23.7 Å². The maximum Gasteiger partial charge on any atom is 0.234 e. The van der Waals surface area contributed by atoms with Crippen molar-refractivity contribution in [2.45, 2.75) is 13.5 Å². The van der Waals surface area contributed by atoms with Crippen LogP contribution >= 0.6 is 11.6 Å². The minimum Gasteiger partial charge on any atom is -0.496 e. The van der Waals surface area contributed by atoms with Gasteiger partial charge in [-0.1, -0.05) is 18.5 Å². The highest BCUT2D eigenvalue weighted by atomic mass is 35.5. The number of ether oxygens (including phenoxy) is 1. The minimum atomic E-state index is -0.0951. The summed E-state index contributed by atoms with van der Waals surface area (Å²) in [5.41, 5.74) is 0.832. The van der Waals surface area contributed by atoms with Gasteiger partial charge in [0.15, 0.2) is 0 Å². The molecule has 0 aliphatic heterocycles. The van der Waals surface area contributed by atoms with Crippen LogP contribution in [0.25, 0.3) is 0 Å². The van der Waals surface area contributed by atoms with Gasteiger partial charge in [-0.15, -0.1) is 0 Å². The molecule has 0 bridgehead atoms. The van der Waals surface area contributed by atoms with Crippen LogP contribution in [0.2, 0.25) is 5.02 Å². The van der Waals surface area contributed by atoms with Gasteiger partial charge in [0.05, 0.1) is 20.3 Å². The van der Waals surface area contributed by atoms with Gasteiger partial charge in [-0.25, -0.2) is 0 Å². The molecule has 0 aliphatic rings. The fourth-order valence-electron chi connectivity index (χ4n) is 1.83. The summed E-state index contributed by atoms with van der Waals surface area (Å²) in [5, 5.41) is 12.3. The molecule has 112 valence electrons. The molecule has 20 heavy (non-hydrogen) atoms. The number of nitrogens with one attached hydrogen (secondary N) is 1. The summed E-state index contributed by atoms with van der Waals surface area (Å²) in [4.78, 5) is 13.7. The highest BCUT2D eigenvalue weighted by molar-refractivity contribution is 6.30. The van der Waals surface area contributed by atoms with Gasteiger partial charge in [0.25, 0.3) is 0 Å². The molecule has 1 aromatic carbocycles. The van der Waals surface area contributed by atoms with Crippen LogP contribution in [-0.4, -0.2) is 49.3 Å². The average Bonchev–Trinajstić information content (AvgIpc) is 2.44. The molecule has 0 aliphatic carbocycles. The number of hydrogen-bond acceptors (Lipinski definition) is 4. The van der Waals surface area contributed by atoms with Crippen LogP contribution in [0.5, 0.6) is 5.75 Å². The summed E-state index contributed by atoms with van der Waals surface area (Å²) >= 11 is 5.93. The number of aliphatic hydroxyl groups excluding tert-OH is 1. The van der Waals surface area contributed by atoms with E-state index in [2.05, 4.69) is 5.32 Å². The van der Waals surface area contributed by atoms with Gasteiger partial charge in [-0.2, -0.15) is 0 Å². The Morgan fingerprint density at radius 2 is 2.25 bits per heavy atom. The fourth-order valence-corrected chi connectivity index (χ4v) is 2.02. The van der Waals surface area contributed by atoms with Crippen molar-refractivity contribution in [3.8, 4) is 5.75 Å². The fraction of sp³-hybridized carbons (Fsp3) is 0.500. The van der Waals surface area contributed by atoms with Gasteiger partial charge in [-0.05, 0) is 24.7 Å². The molecule has 0 radical (unpaired) electrons. The van der Waals surface area contributed by atoms with Crippen molar-refractivity contribution in [2.24, 2.45) is 0 Å². The van der Waals surface area contributed by atoms with E-state index in [1.807, 2.05) is 11.8 Å². The zero-order valence-electron chi connectivity index (χ0n) is 11.9. The maximum absolute atomic E-state index is 11.8. The molecule has 0 saturated heterocycles. The van der Waals surface area contributed by atoms with Gasteiger partial charge in [0.1, 0.15) is 5.75 Å². The van der Waals surface area contributed by atoms with Gasteiger partial charge < -0.3 is 15.2 Å². The normalized spacial score (nSPS) is 10.7. The Bertz CT molecular complexity index is 440. The van der Waals surface area contributed by atoms with E-state index in [-0.39, 0.29) is 19.1 Å². The van der Waals surface area contributed by atoms with Crippen molar-refractivity contribution >= 4 is 17.5 Å². The molecule has 0 aromatic heterocycles. The van der Waals surface area contributed by atoms with E-state index in [4.69, 9.17) is 21.4 Å². The molecule has 0 unspecified atom stereocenters. The van der Waals surface area contributed by atoms with E-state index < -0.39 is 0 Å². The second kappa shape index (κ2) is 8.79. The molecule has 5 nitrogen and oxygen atoms in total. The molecule has 0 fully saturated rings. The summed E-state index contributed by atoms with van der Waals surface area (Å²) < 4.78 is 5.22. The highest BCUT2D eigenvalue weighted by Crippen LogP contribution is 2.22. The number of benzene rings is 1. The molecular weight excluding hydrogens is 280 g/mol. The van der Waals surface area contributed by atoms with Crippen LogP contribution in [0.15, 0.2) is 18.2 Å². The molecule has 2 N–H and O–H groups in total. The van der Waals surface area contributed by atoms with Crippen molar-refractivity contribution in [3.05, 3.63) is 28.8 Å². The number of aliphatic hydroxyl groups is 1. The first-order valence-electron chi connectivity index (χ1n) is 6.53. The number of carbonyl (C=O) groups excluding carboxylic acids is 1. The molecule has 0 heterocycles. The zero-order valence-corrected chi connectivity index (χ0v) is 12.6. The summed E-state index contributed by atoms with van der Waals surface area (Å²) in [6.07, 6.45) is 0. The van der Waals surface area contributed by atoms with Crippen molar-refractivity contribution < 1.29 is 14.6 Å². The van der Waals surface area contributed by atoms with Crippen LogP contribution in [0, 0.1) is 0 Å². The second-order valence-corrected chi connectivity index (χ2v) is 4.76. The second-order valence-electron chi connectivity index (χ2n) is 4.33. The molecule has 1 amide bonds. The van der Waals surface area contributed by atoms with Crippen molar-refractivity contribution in [3.63, 3.8) is 0 Å². The number of amides is 1. The Morgan fingerprint density at radius 3 is 2.85 bits per heavy atom. The third-order valence-corrected chi connectivity index (χ3v) is 3.18. The third kappa shape index (κ3) is 5.36. The number of carbonyl (C=O) groups is 1. The van der Waals surface area contributed by atoms with E-state index in [1.54, 1.807) is 25.3 Å². The lowest BCUT2D eigenvalue weighted by Crippen LogP contribution is -2.38. The number of hydrogen-bond donors (Lipinski definition) is 2. The van der Waals surface area contributed by atoms with Crippen LogP contribution in [0.3, 0.4) is 0 Å². The Kier molecular flexibility index (Phi) is 7.36. The number of likely N-dealkylation sites (N-methyl/N-ethyl adjacent to an activating group) is 1. The molecule has 6 heteroatoms.